The van der Waals surface area contributed by atoms with Crippen LogP contribution in [0.15, 0.2) is 61.2 Å². The number of benzene rings is 2. The molecule has 0 radical (unpaired) electrons. The van der Waals surface area contributed by atoms with Gasteiger partial charge < -0.3 is 9.47 Å². The molecule has 28 heavy (non-hydrogen) atoms. The Morgan fingerprint density at radius 1 is 1.00 bits per heavy atom. The summed E-state index contributed by atoms with van der Waals surface area (Å²) in [6.07, 6.45) is 6.40. The van der Waals surface area contributed by atoms with Crippen LogP contribution in [0.2, 0.25) is 0 Å². The van der Waals surface area contributed by atoms with Gasteiger partial charge in [-0.3, -0.25) is 4.90 Å². The first kappa shape index (κ1) is 20.0. The molecule has 0 aliphatic heterocycles. The summed E-state index contributed by atoms with van der Waals surface area (Å²) in [5, 5.41) is 0. The van der Waals surface area contributed by atoms with Crippen molar-refractivity contribution >= 4 is 5.69 Å². The molecule has 0 fully saturated rings. The van der Waals surface area contributed by atoms with E-state index in [0.29, 0.717) is 18.7 Å². The molecule has 0 aliphatic rings. The molecule has 3 rings (SSSR count). The van der Waals surface area contributed by atoms with Gasteiger partial charge in [0.1, 0.15) is 11.6 Å². The Labute approximate surface area is 165 Å². The summed E-state index contributed by atoms with van der Waals surface area (Å²) in [6, 6.07) is 12.1. The first-order valence-electron chi connectivity index (χ1n) is 9.39. The maximum absolute atomic E-state index is 14.2. The van der Waals surface area contributed by atoms with Crippen molar-refractivity contribution in [3.8, 4) is 0 Å². The number of halogens is 2. The van der Waals surface area contributed by atoms with Gasteiger partial charge in [-0.2, -0.15) is 0 Å². The van der Waals surface area contributed by atoms with Gasteiger partial charge in [-0.25, -0.2) is 13.8 Å². The van der Waals surface area contributed by atoms with E-state index in [1.165, 1.54) is 12.1 Å². The predicted octanol–water partition coefficient (Wildman–Crippen LogP) is 4.32. The summed E-state index contributed by atoms with van der Waals surface area (Å²) in [7, 11) is 4.02. The predicted molar refractivity (Wildman–Crippen MR) is 108 cm³/mol. The fourth-order valence-electron chi connectivity index (χ4n) is 3.16. The number of hydrogen-bond donors (Lipinski definition) is 0. The lowest BCUT2D eigenvalue weighted by molar-refractivity contribution is 0.245. The van der Waals surface area contributed by atoms with E-state index in [1.807, 2.05) is 24.9 Å². The van der Waals surface area contributed by atoms with Crippen LogP contribution in [0, 0.1) is 11.6 Å². The number of nitrogens with zero attached hydrogens (tertiary/aromatic N) is 4. The molecule has 0 bridgehead atoms. The molecule has 0 N–H and O–H groups in total. The number of hydrogen-bond acceptors (Lipinski definition) is 3. The summed E-state index contributed by atoms with van der Waals surface area (Å²) < 4.78 is 29.4. The number of aromatic nitrogens is 2. The van der Waals surface area contributed by atoms with Crippen molar-refractivity contribution in [3.63, 3.8) is 0 Å². The molecular weight excluding hydrogens is 358 g/mol. The summed E-state index contributed by atoms with van der Waals surface area (Å²) in [5.74, 6) is -1.05. The van der Waals surface area contributed by atoms with Crippen molar-refractivity contribution in [2.24, 2.45) is 0 Å². The molecule has 0 amide bonds. The molecule has 0 saturated carbocycles. The van der Waals surface area contributed by atoms with E-state index in [2.05, 4.69) is 39.0 Å². The van der Waals surface area contributed by atoms with Crippen molar-refractivity contribution in [1.29, 1.82) is 0 Å². The Balaban J connectivity index is 1.69. The average molecular weight is 384 g/mol. The normalized spacial score (nSPS) is 11.2. The minimum Gasteiger partial charge on any atom is -0.378 e. The third kappa shape index (κ3) is 5.63. The highest BCUT2D eigenvalue weighted by Crippen LogP contribution is 2.17. The molecule has 4 nitrogen and oxygen atoms in total. The fourth-order valence-corrected chi connectivity index (χ4v) is 3.16. The van der Waals surface area contributed by atoms with Crippen molar-refractivity contribution in [1.82, 2.24) is 14.5 Å². The van der Waals surface area contributed by atoms with Gasteiger partial charge in [0.05, 0.1) is 6.33 Å². The molecule has 2 aromatic carbocycles. The second kappa shape index (κ2) is 9.46. The first-order valence-corrected chi connectivity index (χ1v) is 9.39. The zero-order chi connectivity index (χ0) is 19.9. The van der Waals surface area contributed by atoms with E-state index >= 15 is 0 Å². The zero-order valence-corrected chi connectivity index (χ0v) is 16.4. The minimum absolute atomic E-state index is 0.436. The lowest BCUT2D eigenvalue weighted by Gasteiger charge is -2.23. The summed E-state index contributed by atoms with van der Waals surface area (Å²) in [5.41, 5.74) is 2.81. The van der Waals surface area contributed by atoms with Crippen LogP contribution in [0.1, 0.15) is 17.5 Å². The van der Waals surface area contributed by atoms with Gasteiger partial charge in [0.2, 0.25) is 0 Å². The van der Waals surface area contributed by atoms with Gasteiger partial charge >= 0.3 is 0 Å². The van der Waals surface area contributed by atoms with E-state index in [4.69, 9.17) is 0 Å². The van der Waals surface area contributed by atoms with Crippen LogP contribution in [0.4, 0.5) is 14.5 Å². The average Bonchev–Trinajstić information content (AvgIpc) is 3.18. The first-order chi connectivity index (χ1) is 13.5. The molecular formula is C22H26F2N4. The van der Waals surface area contributed by atoms with Crippen LogP contribution in [-0.4, -0.2) is 35.1 Å². The Morgan fingerprint density at radius 3 is 2.43 bits per heavy atom. The van der Waals surface area contributed by atoms with E-state index in [0.717, 1.165) is 36.8 Å². The number of imidazole rings is 1. The van der Waals surface area contributed by atoms with Crippen LogP contribution in [0.25, 0.3) is 0 Å². The molecule has 0 aliphatic carbocycles. The lowest BCUT2D eigenvalue weighted by Crippen LogP contribution is -2.25. The van der Waals surface area contributed by atoms with Crippen molar-refractivity contribution in [3.05, 3.63) is 83.9 Å². The van der Waals surface area contributed by atoms with Gasteiger partial charge in [-0.15, -0.1) is 0 Å². The van der Waals surface area contributed by atoms with Gasteiger partial charge in [0, 0.05) is 70.0 Å². The SMILES string of the molecule is CN(C)c1ccc(CN(CCCn2ccnc2)Cc2ccc(F)cc2F)cc1. The number of anilines is 1. The highest BCUT2D eigenvalue weighted by Gasteiger charge is 2.11. The lowest BCUT2D eigenvalue weighted by atomic mass is 10.1. The molecule has 0 spiro atoms. The van der Waals surface area contributed by atoms with Crippen LogP contribution in [-0.2, 0) is 19.6 Å². The molecule has 1 heterocycles. The quantitative estimate of drug-likeness (QED) is 0.549. The summed E-state index contributed by atoms with van der Waals surface area (Å²) in [6.45, 7) is 2.78. The van der Waals surface area contributed by atoms with Crippen molar-refractivity contribution in [2.75, 3.05) is 25.5 Å². The molecule has 0 saturated heterocycles. The van der Waals surface area contributed by atoms with E-state index in [1.54, 1.807) is 12.5 Å². The highest BCUT2D eigenvalue weighted by atomic mass is 19.1. The Kier molecular flexibility index (Phi) is 6.76. The second-order valence-electron chi connectivity index (χ2n) is 7.16. The van der Waals surface area contributed by atoms with Crippen LogP contribution < -0.4 is 4.90 Å². The number of aryl methyl sites for hydroxylation is 1. The van der Waals surface area contributed by atoms with Gasteiger partial charge in [-0.05, 0) is 30.2 Å². The van der Waals surface area contributed by atoms with Gasteiger partial charge in [0.15, 0.2) is 0 Å². The van der Waals surface area contributed by atoms with Crippen molar-refractivity contribution in [2.45, 2.75) is 26.1 Å². The molecule has 6 heteroatoms. The van der Waals surface area contributed by atoms with E-state index in [9.17, 15) is 8.78 Å². The zero-order valence-electron chi connectivity index (χ0n) is 16.4. The fraction of sp³-hybridized carbons (Fsp3) is 0.318. The smallest absolute Gasteiger partial charge is 0.130 e. The maximum atomic E-state index is 14.2. The summed E-state index contributed by atoms with van der Waals surface area (Å²) >= 11 is 0. The van der Waals surface area contributed by atoms with Gasteiger partial charge in [0.25, 0.3) is 0 Å². The highest BCUT2D eigenvalue weighted by molar-refractivity contribution is 5.46. The Hall–Kier alpha value is -2.73. The third-order valence-corrected chi connectivity index (χ3v) is 4.72. The largest absolute Gasteiger partial charge is 0.378 e. The monoisotopic (exact) mass is 384 g/mol. The Bertz CT molecular complexity index is 861. The topological polar surface area (TPSA) is 24.3 Å². The molecule has 148 valence electrons. The van der Waals surface area contributed by atoms with Crippen LogP contribution >= 0.6 is 0 Å². The molecule has 1 aromatic heterocycles. The van der Waals surface area contributed by atoms with E-state index in [-0.39, 0.29) is 0 Å². The van der Waals surface area contributed by atoms with Crippen molar-refractivity contribution < 1.29 is 8.78 Å². The molecule has 0 unspecified atom stereocenters. The minimum atomic E-state index is -0.549. The van der Waals surface area contributed by atoms with E-state index < -0.39 is 11.6 Å². The molecule has 3 aromatic rings. The second-order valence-corrected chi connectivity index (χ2v) is 7.16. The standard InChI is InChI=1S/C22H26F2N4/c1-26(2)21-8-4-18(5-9-21)15-28(12-3-11-27-13-10-25-17-27)16-19-6-7-20(23)14-22(19)24/h4-10,13-14,17H,3,11-12,15-16H2,1-2H3. The van der Waals surface area contributed by atoms with Gasteiger partial charge in [-0.1, -0.05) is 18.2 Å². The van der Waals surface area contributed by atoms with Crippen LogP contribution in [0.3, 0.4) is 0 Å². The molecule has 0 atom stereocenters. The Morgan fingerprint density at radius 2 is 1.79 bits per heavy atom. The number of rotatable bonds is 9. The maximum Gasteiger partial charge on any atom is 0.130 e. The third-order valence-electron chi connectivity index (χ3n) is 4.72. The van der Waals surface area contributed by atoms with Crippen LogP contribution in [0.5, 0.6) is 0 Å². The summed E-state index contributed by atoms with van der Waals surface area (Å²) in [4.78, 5) is 8.31.